The van der Waals surface area contributed by atoms with Crippen LogP contribution in [0, 0.1) is 0 Å². The minimum absolute atomic E-state index is 0. The van der Waals surface area contributed by atoms with Crippen LogP contribution in [0.5, 0.6) is 11.5 Å². The molecule has 0 aliphatic rings. The van der Waals surface area contributed by atoms with Gasteiger partial charge in [0.15, 0.2) is 0 Å². The second-order valence-corrected chi connectivity index (χ2v) is 9.90. The van der Waals surface area contributed by atoms with Crippen molar-refractivity contribution in [2.24, 2.45) is 0 Å². The van der Waals surface area contributed by atoms with E-state index in [1.165, 1.54) is 12.1 Å². The van der Waals surface area contributed by atoms with Crippen LogP contribution in [-0.4, -0.2) is 50.8 Å². The normalized spacial score (nSPS) is 12.8. The van der Waals surface area contributed by atoms with E-state index in [9.17, 15) is 26.7 Å². The van der Waals surface area contributed by atoms with Gasteiger partial charge in [0.05, 0.1) is 23.4 Å². The molecular formula is C24H25ClF3N3O5S. The first kappa shape index (κ1) is 28.4. The maximum Gasteiger partial charge on any atom is 0.573 e. The minimum atomic E-state index is -4.76. The Morgan fingerprint density at radius 2 is 1.65 bits per heavy atom. The highest BCUT2D eigenvalue weighted by Crippen LogP contribution is 2.32. The number of aliphatic hydroxyl groups excluding tert-OH is 1. The van der Waals surface area contributed by atoms with E-state index in [4.69, 9.17) is 4.74 Å². The van der Waals surface area contributed by atoms with E-state index in [1.807, 2.05) is 6.07 Å². The first-order valence-corrected chi connectivity index (χ1v) is 12.8. The summed E-state index contributed by atoms with van der Waals surface area (Å²) in [6.45, 7) is 0.966. The van der Waals surface area contributed by atoms with Crippen molar-refractivity contribution in [2.75, 3.05) is 30.7 Å². The fourth-order valence-corrected chi connectivity index (χ4v) is 4.33. The molecule has 0 saturated carbocycles. The van der Waals surface area contributed by atoms with Gasteiger partial charge in [-0.15, -0.1) is 25.6 Å². The van der Waals surface area contributed by atoms with Crippen LogP contribution in [0.1, 0.15) is 11.7 Å². The number of hydrogen-bond acceptors (Lipinski definition) is 6. The highest BCUT2D eigenvalue weighted by atomic mass is 35.5. The zero-order valence-electron chi connectivity index (χ0n) is 19.5. The molecule has 0 aliphatic heterocycles. The molecule has 0 amide bonds. The van der Waals surface area contributed by atoms with E-state index >= 15 is 0 Å². The fraction of sp³-hybridized carbons (Fsp3) is 0.250. The number of aromatic nitrogens is 1. The van der Waals surface area contributed by atoms with Gasteiger partial charge in [0.1, 0.15) is 18.1 Å². The summed E-state index contributed by atoms with van der Waals surface area (Å²) < 4.78 is 72.3. The van der Waals surface area contributed by atoms with E-state index in [0.717, 1.165) is 17.0 Å². The number of alkyl halides is 3. The molecule has 4 aromatic rings. The van der Waals surface area contributed by atoms with Gasteiger partial charge in [-0.2, -0.15) is 0 Å². The summed E-state index contributed by atoms with van der Waals surface area (Å²) in [5.41, 5.74) is 2.15. The number of H-pyrrole nitrogens is 1. The van der Waals surface area contributed by atoms with Crippen molar-refractivity contribution in [3.8, 4) is 11.5 Å². The zero-order chi connectivity index (χ0) is 25.9. The molecule has 0 spiro atoms. The lowest BCUT2D eigenvalue weighted by molar-refractivity contribution is -0.274. The van der Waals surface area contributed by atoms with E-state index in [-0.39, 0.29) is 24.7 Å². The zero-order valence-corrected chi connectivity index (χ0v) is 21.1. The van der Waals surface area contributed by atoms with Crippen molar-refractivity contribution >= 4 is 49.9 Å². The molecule has 1 atom stereocenters. The molecule has 0 radical (unpaired) electrons. The van der Waals surface area contributed by atoms with Crippen molar-refractivity contribution in [3.05, 3.63) is 66.2 Å². The number of nitrogens with one attached hydrogen (secondary N) is 3. The highest BCUT2D eigenvalue weighted by Gasteiger charge is 2.31. The third kappa shape index (κ3) is 7.89. The van der Waals surface area contributed by atoms with Gasteiger partial charge in [-0.1, -0.05) is 12.1 Å². The van der Waals surface area contributed by atoms with Gasteiger partial charge in [-0.25, -0.2) is 8.42 Å². The Bertz CT molecular complexity index is 1480. The second kappa shape index (κ2) is 11.5. The molecule has 13 heteroatoms. The van der Waals surface area contributed by atoms with E-state index in [2.05, 4.69) is 19.8 Å². The molecule has 200 valence electrons. The molecule has 0 unspecified atom stereocenters. The first-order chi connectivity index (χ1) is 17.0. The quantitative estimate of drug-likeness (QED) is 0.209. The van der Waals surface area contributed by atoms with Crippen molar-refractivity contribution in [1.29, 1.82) is 0 Å². The Balaban J connectivity index is 0.00000380. The van der Waals surface area contributed by atoms with Crippen LogP contribution in [0.25, 0.3) is 21.8 Å². The molecule has 0 bridgehead atoms. The van der Waals surface area contributed by atoms with Crippen molar-refractivity contribution in [3.63, 3.8) is 0 Å². The monoisotopic (exact) mass is 559 g/mol. The predicted octanol–water partition coefficient (Wildman–Crippen LogP) is 4.72. The standard InChI is InChI=1S/C24H24F3N3O5S.ClH/c1-36(32,33)30-16-4-2-3-15(11-16)23(31)14-28-9-10-34-17-5-7-19-20-8-6-18(35-24(25,26)27)13-22(20)29-21(19)12-17;/h2-8,11-13,23,28-31H,9-10,14H2,1H3;1H/t23-;/m0./s1. The van der Waals surface area contributed by atoms with Crippen molar-refractivity contribution in [2.45, 2.75) is 12.5 Å². The van der Waals surface area contributed by atoms with E-state index in [0.29, 0.717) is 41.2 Å². The summed E-state index contributed by atoms with van der Waals surface area (Å²) in [4.78, 5) is 3.08. The number of aromatic amines is 1. The molecule has 1 heterocycles. The second-order valence-electron chi connectivity index (χ2n) is 8.16. The van der Waals surface area contributed by atoms with Crippen molar-refractivity contribution < 1.29 is 36.2 Å². The van der Waals surface area contributed by atoms with Crippen LogP contribution in [0.4, 0.5) is 18.9 Å². The maximum absolute atomic E-state index is 12.5. The molecule has 0 aliphatic carbocycles. The largest absolute Gasteiger partial charge is 0.573 e. The smallest absolute Gasteiger partial charge is 0.492 e. The summed E-state index contributed by atoms with van der Waals surface area (Å²) in [5, 5.41) is 15.1. The number of benzene rings is 3. The summed E-state index contributed by atoms with van der Waals surface area (Å²) in [6, 6.07) is 16.0. The topological polar surface area (TPSA) is 113 Å². The molecule has 0 fully saturated rings. The molecule has 1 aromatic heterocycles. The third-order valence-corrected chi connectivity index (χ3v) is 5.84. The Kier molecular flexibility index (Phi) is 8.80. The Hall–Kier alpha value is -3.19. The number of halogens is 4. The third-order valence-electron chi connectivity index (χ3n) is 5.24. The van der Waals surface area contributed by atoms with Crippen LogP contribution in [0.3, 0.4) is 0 Å². The number of hydrogen-bond donors (Lipinski definition) is 4. The first-order valence-electron chi connectivity index (χ1n) is 10.9. The summed E-state index contributed by atoms with van der Waals surface area (Å²) in [5.74, 6) is 0.271. The molecule has 3 aromatic carbocycles. The predicted molar refractivity (Wildman–Crippen MR) is 138 cm³/mol. The number of fused-ring (bicyclic) bond motifs is 3. The Labute approximate surface area is 217 Å². The average molecular weight is 560 g/mol. The Morgan fingerprint density at radius 3 is 2.30 bits per heavy atom. The lowest BCUT2D eigenvalue weighted by atomic mass is 10.1. The van der Waals surface area contributed by atoms with Crippen LogP contribution >= 0.6 is 12.4 Å². The number of sulfonamides is 1. The Morgan fingerprint density at radius 1 is 1.00 bits per heavy atom. The van der Waals surface area contributed by atoms with Crippen LogP contribution < -0.4 is 19.5 Å². The van der Waals surface area contributed by atoms with Crippen LogP contribution in [-0.2, 0) is 10.0 Å². The number of anilines is 1. The van der Waals surface area contributed by atoms with Gasteiger partial charge in [-0.05, 0) is 42.0 Å². The number of rotatable bonds is 10. The molecule has 37 heavy (non-hydrogen) atoms. The van der Waals surface area contributed by atoms with Gasteiger partial charge in [-0.3, -0.25) is 4.72 Å². The average Bonchev–Trinajstić information content (AvgIpc) is 3.13. The van der Waals surface area contributed by atoms with Gasteiger partial charge in [0.2, 0.25) is 10.0 Å². The molecule has 4 N–H and O–H groups in total. The van der Waals surface area contributed by atoms with Crippen LogP contribution in [0.2, 0.25) is 0 Å². The molecule has 4 rings (SSSR count). The number of ether oxygens (including phenoxy) is 2. The summed E-state index contributed by atoms with van der Waals surface area (Å²) in [7, 11) is -3.41. The SMILES string of the molecule is CS(=O)(=O)Nc1cccc([C@@H](O)CNCCOc2ccc3c(c2)[nH]c2cc(OC(F)(F)F)ccc23)c1.Cl. The molecule has 0 saturated heterocycles. The molecular weight excluding hydrogens is 535 g/mol. The lowest BCUT2D eigenvalue weighted by Gasteiger charge is -2.14. The number of aliphatic hydroxyl groups is 1. The van der Waals surface area contributed by atoms with Gasteiger partial charge in [0, 0.05) is 41.7 Å². The lowest BCUT2D eigenvalue weighted by Crippen LogP contribution is -2.26. The van der Waals surface area contributed by atoms with E-state index < -0.39 is 22.5 Å². The fourth-order valence-electron chi connectivity index (χ4n) is 3.78. The summed E-state index contributed by atoms with van der Waals surface area (Å²) in [6.07, 6.45) is -4.55. The van der Waals surface area contributed by atoms with Gasteiger partial charge in [0.25, 0.3) is 0 Å². The minimum Gasteiger partial charge on any atom is -0.492 e. The summed E-state index contributed by atoms with van der Waals surface area (Å²) >= 11 is 0. The highest BCUT2D eigenvalue weighted by molar-refractivity contribution is 7.92. The van der Waals surface area contributed by atoms with Crippen molar-refractivity contribution in [1.82, 2.24) is 10.3 Å². The van der Waals surface area contributed by atoms with Gasteiger partial charge >= 0.3 is 6.36 Å². The van der Waals surface area contributed by atoms with Gasteiger partial charge < -0.3 is 24.9 Å². The van der Waals surface area contributed by atoms with Crippen LogP contribution in [0.15, 0.2) is 60.7 Å². The van der Waals surface area contributed by atoms with E-state index in [1.54, 1.807) is 42.5 Å². The maximum atomic E-state index is 12.5. The molecule has 8 nitrogen and oxygen atoms in total.